The number of halogens is 2. The SMILES string of the molecule is O=C(c1ccc2c(c1)CCc1cc(Br)ccc1-2)c1ccc2c(c1)CCc1cc(Br)ccc1-2. The van der Waals surface area contributed by atoms with Gasteiger partial charge in [0.05, 0.1) is 0 Å². The summed E-state index contributed by atoms with van der Waals surface area (Å²) in [6.45, 7) is 0. The van der Waals surface area contributed by atoms with Gasteiger partial charge in [0, 0.05) is 20.1 Å². The Morgan fingerprint density at radius 2 is 0.844 bits per heavy atom. The molecule has 1 nitrogen and oxygen atoms in total. The number of ketones is 1. The Bertz CT molecular complexity index is 1310. The molecule has 0 aromatic heterocycles. The van der Waals surface area contributed by atoms with E-state index in [4.69, 9.17) is 0 Å². The summed E-state index contributed by atoms with van der Waals surface area (Å²) in [7, 11) is 0. The van der Waals surface area contributed by atoms with Crippen molar-refractivity contribution in [3.63, 3.8) is 0 Å². The van der Waals surface area contributed by atoms with E-state index >= 15 is 0 Å². The van der Waals surface area contributed by atoms with Gasteiger partial charge in [-0.25, -0.2) is 0 Å². The van der Waals surface area contributed by atoms with Gasteiger partial charge in [-0.05, 0) is 107 Å². The highest BCUT2D eigenvalue weighted by Gasteiger charge is 2.21. The Morgan fingerprint density at radius 1 is 0.500 bits per heavy atom. The predicted octanol–water partition coefficient (Wildman–Crippen LogP) is 7.97. The summed E-state index contributed by atoms with van der Waals surface area (Å²) in [6.07, 6.45) is 3.95. The van der Waals surface area contributed by atoms with Gasteiger partial charge in [-0.15, -0.1) is 0 Å². The van der Waals surface area contributed by atoms with E-state index < -0.39 is 0 Å². The average molecular weight is 544 g/mol. The lowest BCUT2D eigenvalue weighted by Crippen LogP contribution is -2.09. The van der Waals surface area contributed by atoms with Crippen molar-refractivity contribution in [2.24, 2.45) is 0 Å². The zero-order chi connectivity index (χ0) is 21.8. The van der Waals surface area contributed by atoms with Crippen LogP contribution >= 0.6 is 31.9 Å². The molecule has 0 bridgehead atoms. The number of aryl methyl sites for hydroxylation is 4. The van der Waals surface area contributed by atoms with E-state index in [0.717, 1.165) is 45.8 Å². The maximum atomic E-state index is 13.4. The van der Waals surface area contributed by atoms with Gasteiger partial charge < -0.3 is 0 Å². The molecule has 0 unspecified atom stereocenters. The number of carbonyl (C=O) groups excluding carboxylic acids is 1. The van der Waals surface area contributed by atoms with Gasteiger partial charge in [0.15, 0.2) is 5.78 Å². The number of benzene rings is 4. The zero-order valence-corrected chi connectivity index (χ0v) is 20.6. The van der Waals surface area contributed by atoms with Gasteiger partial charge in [0.25, 0.3) is 0 Å². The molecule has 0 heterocycles. The normalized spacial score (nSPS) is 13.6. The van der Waals surface area contributed by atoms with Crippen LogP contribution in [-0.4, -0.2) is 5.78 Å². The fourth-order valence-corrected chi connectivity index (χ4v) is 6.00. The molecule has 0 saturated heterocycles. The van der Waals surface area contributed by atoms with Crippen molar-refractivity contribution in [2.45, 2.75) is 25.7 Å². The summed E-state index contributed by atoms with van der Waals surface area (Å²) in [5.74, 6) is 0.110. The highest BCUT2D eigenvalue weighted by atomic mass is 79.9. The Labute approximate surface area is 204 Å². The largest absolute Gasteiger partial charge is 0.289 e. The Hall–Kier alpha value is -2.49. The molecule has 0 radical (unpaired) electrons. The second-order valence-electron chi connectivity index (χ2n) is 8.68. The lowest BCUT2D eigenvalue weighted by molar-refractivity contribution is 0.103. The van der Waals surface area contributed by atoms with Crippen LogP contribution in [0.3, 0.4) is 0 Å². The van der Waals surface area contributed by atoms with E-state index in [0.29, 0.717) is 0 Å². The van der Waals surface area contributed by atoms with Crippen molar-refractivity contribution in [1.29, 1.82) is 0 Å². The maximum Gasteiger partial charge on any atom is 0.193 e. The number of carbonyl (C=O) groups is 1. The first-order valence-electron chi connectivity index (χ1n) is 10.9. The first kappa shape index (κ1) is 20.1. The molecule has 32 heavy (non-hydrogen) atoms. The summed E-state index contributed by atoms with van der Waals surface area (Å²) in [6, 6.07) is 25.4. The molecule has 0 aliphatic heterocycles. The monoisotopic (exact) mass is 542 g/mol. The van der Waals surface area contributed by atoms with Crippen LogP contribution in [0.25, 0.3) is 22.3 Å². The molecule has 0 atom stereocenters. The van der Waals surface area contributed by atoms with Crippen LogP contribution in [0.1, 0.15) is 38.2 Å². The van der Waals surface area contributed by atoms with Gasteiger partial charge in [-0.2, -0.15) is 0 Å². The molecule has 6 rings (SSSR count). The number of hydrogen-bond acceptors (Lipinski definition) is 1. The van der Waals surface area contributed by atoms with Crippen LogP contribution in [0.2, 0.25) is 0 Å². The first-order valence-corrected chi connectivity index (χ1v) is 12.5. The molecule has 4 aromatic carbocycles. The minimum absolute atomic E-state index is 0.110. The van der Waals surface area contributed by atoms with E-state index in [2.05, 4.69) is 92.5 Å². The van der Waals surface area contributed by atoms with Crippen molar-refractivity contribution in [3.8, 4) is 22.3 Å². The second kappa shape index (κ2) is 7.83. The number of rotatable bonds is 2. The van der Waals surface area contributed by atoms with Gasteiger partial charge in [0.1, 0.15) is 0 Å². The lowest BCUT2D eigenvalue weighted by Gasteiger charge is -2.22. The van der Waals surface area contributed by atoms with Crippen LogP contribution < -0.4 is 0 Å². The minimum Gasteiger partial charge on any atom is -0.289 e. The second-order valence-corrected chi connectivity index (χ2v) is 10.5. The summed E-state index contributed by atoms with van der Waals surface area (Å²) >= 11 is 7.16. The molecular weight excluding hydrogens is 524 g/mol. The smallest absolute Gasteiger partial charge is 0.193 e. The van der Waals surface area contributed by atoms with Crippen molar-refractivity contribution in [3.05, 3.63) is 115 Å². The van der Waals surface area contributed by atoms with Gasteiger partial charge in [-0.1, -0.05) is 68.3 Å². The third-order valence-electron chi connectivity index (χ3n) is 6.78. The van der Waals surface area contributed by atoms with Gasteiger partial charge in [-0.3, -0.25) is 4.79 Å². The molecular formula is C29H20Br2O. The standard InChI is InChI=1S/C29H20Br2O/c30-23-7-11-27-19(15-23)3-1-17-13-21(5-9-25(17)27)29(32)22-6-10-26-18(14-22)2-4-20-16-24(31)8-12-28(20)26/h5-16H,1-4H2. The molecule has 156 valence electrons. The van der Waals surface area contributed by atoms with Crippen LogP contribution in [0.5, 0.6) is 0 Å². The molecule has 0 fully saturated rings. The highest BCUT2D eigenvalue weighted by Crippen LogP contribution is 2.37. The highest BCUT2D eigenvalue weighted by molar-refractivity contribution is 9.10. The van der Waals surface area contributed by atoms with Crippen molar-refractivity contribution < 1.29 is 4.79 Å². The van der Waals surface area contributed by atoms with Crippen molar-refractivity contribution in [2.75, 3.05) is 0 Å². The molecule has 3 heteroatoms. The molecule has 2 aliphatic rings. The van der Waals surface area contributed by atoms with Crippen molar-refractivity contribution >= 4 is 37.6 Å². The minimum atomic E-state index is 0.110. The third kappa shape index (κ3) is 3.39. The summed E-state index contributed by atoms with van der Waals surface area (Å²) in [5.41, 5.74) is 11.9. The van der Waals surface area contributed by atoms with E-state index in [1.165, 1.54) is 44.5 Å². The lowest BCUT2D eigenvalue weighted by atomic mass is 9.83. The Balaban J connectivity index is 1.35. The number of hydrogen-bond donors (Lipinski definition) is 0. The zero-order valence-electron chi connectivity index (χ0n) is 17.4. The first-order chi connectivity index (χ1) is 15.6. The Kier molecular flexibility index (Phi) is 4.93. The van der Waals surface area contributed by atoms with Crippen LogP contribution in [0.15, 0.2) is 81.7 Å². The summed E-state index contributed by atoms with van der Waals surface area (Å²) in [4.78, 5) is 13.4. The van der Waals surface area contributed by atoms with Gasteiger partial charge >= 0.3 is 0 Å². The van der Waals surface area contributed by atoms with E-state index in [1.807, 2.05) is 12.1 Å². The Morgan fingerprint density at radius 3 is 1.25 bits per heavy atom. The predicted molar refractivity (Wildman–Crippen MR) is 137 cm³/mol. The molecule has 0 amide bonds. The van der Waals surface area contributed by atoms with E-state index in [9.17, 15) is 4.79 Å². The average Bonchev–Trinajstić information content (AvgIpc) is 2.82. The fraction of sp³-hybridized carbons (Fsp3) is 0.138. The number of fused-ring (bicyclic) bond motifs is 6. The quantitative estimate of drug-likeness (QED) is 0.234. The van der Waals surface area contributed by atoms with Gasteiger partial charge in [0.2, 0.25) is 0 Å². The van der Waals surface area contributed by atoms with Crippen molar-refractivity contribution in [1.82, 2.24) is 0 Å². The third-order valence-corrected chi connectivity index (χ3v) is 7.76. The van der Waals surface area contributed by atoms with Crippen LogP contribution in [0.4, 0.5) is 0 Å². The van der Waals surface area contributed by atoms with E-state index in [1.54, 1.807) is 0 Å². The topological polar surface area (TPSA) is 17.1 Å². The van der Waals surface area contributed by atoms with Crippen LogP contribution in [0, 0.1) is 0 Å². The molecule has 0 N–H and O–H groups in total. The fourth-order valence-electron chi connectivity index (χ4n) is 5.18. The van der Waals surface area contributed by atoms with Crippen LogP contribution in [-0.2, 0) is 25.7 Å². The summed E-state index contributed by atoms with van der Waals surface area (Å²) in [5, 5.41) is 0. The summed E-state index contributed by atoms with van der Waals surface area (Å²) < 4.78 is 2.24. The van der Waals surface area contributed by atoms with E-state index in [-0.39, 0.29) is 5.78 Å². The molecule has 0 spiro atoms. The molecule has 4 aromatic rings. The molecule has 2 aliphatic carbocycles. The molecule has 0 saturated carbocycles. The maximum absolute atomic E-state index is 13.4.